The molecule has 0 fully saturated rings. The van der Waals surface area contributed by atoms with E-state index < -0.39 is 0 Å². The van der Waals surface area contributed by atoms with Crippen molar-refractivity contribution in [3.05, 3.63) is 0 Å². The molecule has 0 aliphatic heterocycles. The van der Waals surface area contributed by atoms with Crippen LogP contribution in [0.1, 0.15) is 0 Å². The third-order valence-corrected chi connectivity index (χ3v) is 0. The molecule has 32 valence electrons. The normalized spacial score (nSPS) is 0. The fraction of sp³-hybridized carbons (Fsp3) is 0. The van der Waals surface area contributed by atoms with Gasteiger partial charge in [0.05, 0.1) is 0 Å². The van der Waals surface area contributed by atoms with Crippen LogP contribution in [0.2, 0.25) is 0 Å². The van der Waals surface area contributed by atoms with Gasteiger partial charge in [-0.3, -0.25) is 0 Å². The number of halogens is 4. The Hall–Kier alpha value is 2.42. The smallest absolute Gasteiger partial charge is 1.00 e. The SMILES string of the molecule is [Br-].[Br-].[Cl-].[Cl-].[Zr+4]. The molecule has 0 spiro atoms. The van der Waals surface area contributed by atoms with E-state index in [9.17, 15) is 0 Å². The van der Waals surface area contributed by atoms with Gasteiger partial charge < -0.3 is 58.8 Å². The van der Waals surface area contributed by atoms with E-state index in [-0.39, 0.29) is 85.0 Å². The van der Waals surface area contributed by atoms with Crippen molar-refractivity contribution in [2.75, 3.05) is 0 Å². The topological polar surface area (TPSA) is 0 Å². The van der Waals surface area contributed by atoms with Crippen molar-refractivity contribution in [1.82, 2.24) is 0 Å². The average Bonchev–Trinajstić information content (AvgIpc) is 0. The summed E-state index contributed by atoms with van der Waals surface area (Å²) >= 11 is 0. The Labute approximate surface area is 83.9 Å². The Kier molecular flexibility index (Phi) is 336. The van der Waals surface area contributed by atoms with E-state index in [2.05, 4.69) is 0 Å². The van der Waals surface area contributed by atoms with Crippen molar-refractivity contribution < 1.29 is 85.0 Å². The zero-order valence-electron chi connectivity index (χ0n) is 2.01. The molecule has 0 amide bonds. The van der Waals surface area contributed by atoms with Gasteiger partial charge in [0.25, 0.3) is 0 Å². The first-order valence-electron chi connectivity index (χ1n) is 0. The quantitative estimate of drug-likeness (QED) is 0.416. The van der Waals surface area contributed by atoms with Gasteiger partial charge in [0.1, 0.15) is 0 Å². The molecule has 0 aliphatic carbocycles. The minimum absolute atomic E-state index is 0. The number of hydrogen-bond donors (Lipinski definition) is 0. The first-order valence-corrected chi connectivity index (χ1v) is 0. The first kappa shape index (κ1) is 52.2. The van der Waals surface area contributed by atoms with Crippen LogP contribution in [0, 0.1) is 0 Å². The minimum Gasteiger partial charge on any atom is -1.00 e. The number of rotatable bonds is 0. The molecule has 0 aromatic heterocycles. The fourth-order valence-corrected chi connectivity index (χ4v) is 0. The molecular formula is Br2Cl2Zr. The van der Waals surface area contributed by atoms with E-state index in [0.717, 1.165) is 0 Å². The summed E-state index contributed by atoms with van der Waals surface area (Å²) in [5, 5.41) is 0. The minimum atomic E-state index is 0. The van der Waals surface area contributed by atoms with Crippen LogP contribution in [0.5, 0.6) is 0 Å². The molecular weight excluding hydrogens is 322 g/mol. The molecule has 0 atom stereocenters. The van der Waals surface area contributed by atoms with Crippen LogP contribution in [0.15, 0.2) is 0 Å². The van der Waals surface area contributed by atoms with Crippen LogP contribution in [-0.4, -0.2) is 0 Å². The van der Waals surface area contributed by atoms with Crippen LogP contribution in [0.25, 0.3) is 0 Å². The van der Waals surface area contributed by atoms with E-state index in [4.69, 9.17) is 0 Å². The van der Waals surface area contributed by atoms with Crippen molar-refractivity contribution in [2.45, 2.75) is 0 Å². The van der Waals surface area contributed by atoms with E-state index in [1.165, 1.54) is 0 Å². The number of hydrogen-bond acceptors (Lipinski definition) is 0. The summed E-state index contributed by atoms with van der Waals surface area (Å²) in [5.74, 6) is 0. The average molecular weight is 322 g/mol. The molecule has 0 heterocycles. The van der Waals surface area contributed by atoms with Crippen LogP contribution in [0.3, 0.4) is 0 Å². The largest absolute Gasteiger partial charge is 4.00 e. The summed E-state index contributed by atoms with van der Waals surface area (Å²) in [7, 11) is 0. The summed E-state index contributed by atoms with van der Waals surface area (Å²) in [6, 6.07) is 0. The van der Waals surface area contributed by atoms with Gasteiger partial charge in [-0.15, -0.1) is 0 Å². The van der Waals surface area contributed by atoms with Crippen molar-refractivity contribution in [2.24, 2.45) is 0 Å². The van der Waals surface area contributed by atoms with Gasteiger partial charge in [0.15, 0.2) is 0 Å². The van der Waals surface area contributed by atoms with E-state index in [0.29, 0.717) is 0 Å². The van der Waals surface area contributed by atoms with E-state index in [1.54, 1.807) is 0 Å². The van der Waals surface area contributed by atoms with E-state index >= 15 is 0 Å². The molecule has 0 saturated heterocycles. The monoisotopic (exact) mass is 318 g/mol. The maximum Gasteiger partial charge on any atom is 4.00 e. The first-order chi connectivity index (χ1) is 0. The molecule has 5 heavy (non-hydrogen) atoms. The molecule has 0 radical (unpaired) electrons. The Morgan fingerprint density at radius 1 is 0.600 bits per heavy atom. The third-order valence-electron chi connectivity index (χ3n) is 0. The molecule has 0 unspecified atom stereocenters. The molecule has 0 saturated carbocycles. The predicted octanol–water partition coefficient (Wildman–Crippen LogP) is -12.0. The fourth-order valence-electron chi connectivity index (χ4n) is 0. The molecule has 5 heteroatoms. The van der Waals surface area contributed by atoms with Gasteiger partial charge >= 0.3 is 26.2 Å². The van der Waals surface area contributed by atoms with Gasteiger partial charge in [-0.25, -0.2) is 0 Å². The summed E-state index contributed by atoms with van der Waals surface area (Å²) in [6.45, 7) is 0. The second-order valence-corrected chi connectivity index (χ2v) is 0. The van der Waals surface area contributed by atoms with Gasteiger partial charge in [-0.05, 0) is 0 Å². The van der Waals surface area contributed by atoms with Crippen LogP contribution >= 0.6 is 0 Å². The van der Waals surface area contributed by atoms with Gasteiger partial charge in [0.2, 0.25) is 0 Å². The van der Waals surface area contributed by atoms with Crippen molar-refractivity contribution in [3.63, 3.8) is 0 Å². The van der Waals surface area contributed by atoms with Gasteiger partial charge in [0, 0.05) is 0 Å². The Bertz CT molecular complexity index is 7.61. The zero-order chi connectivity index (χ0) is 0. The van der Waals surface area contributed by atoms with Crippen LogP contribution in [-0.2, 0) is 26.2 Å². The molecule has 0 nitrogen and oxygen atoms in total. The Morgan fingerprint density at radius 3 is 0.600 bits per heavy atom. The Balaban J connectivity index is 0. The molecule has 0 N–H and O–H groups in total. The van der Waals surface area contributed by atoms with E-state index in [1.807, 2.05) is 0 Å². The summed E-state index contributed by atoms with van der Waals surface area (Å²) in [4.78, 5) is 0. The molecule has 0 rings (SSSR count). The predicted molar refractivity (Wildman–Crippen MR) is 0 cm³/mol. The summed E-state index contributed by atoms with van der Waals surface area (Å²) in [5.41, 5.74) is 0. The van der Waals surface area contributed by atoms with Crippen LogP contribution in [0.4, 0.5) is 0 Å². The molecule has 0 aromatic carbocycles. The zero-order valence-corrected chi connectivity index (χ0v) is 9.15. The van der Waals surface area contributed by atoms with Gasteiger partial charge in [-0.2, -0.15) is 0 Å². The summed E-state index contributed by atoms with van der Waals surface area (Å²) in [6.07, 6.45) is 0. The Morgan fingerprint density at radius 2 is 0.600 bits per heavy atom. The van der Waals surface area contributed by atoms with Crippen molar-refractivity contribution in [3.8, 4) is 0 Å². The second kappa shape index (κ2) is 32.2. The maximum atomic E-state index is 0. The van der Waals surface area contributed by atoms with Crippen molar-refractivity contribution >= 4 is 0 Å². The molecule has 0 aromatic rings. The molecule has 0 bridgehead atoms. The molecule has 0 aliphatic rings. The summed E-state index contributed by atoms with van der Waals surface area (Å²) < 4.78 is 0. The maximum absolute atomic E-state index is 0. The van der Waals surface area contributed by atoms with Gasteiger partial charge in [-0.1, -0.05) is 0 Å². The second-order valence-electron chi connectivity index (χ2n) is 0. The van der Waals surface area contributed by atoms with Crippen LogP contribution < -0.4 is 58.8 Å². The standard InChI is InChI=1S/2BrH.2ClH.Zr/h4*1H;/q;;;;+4/p-4. The third kappa shape index (κ3) is 21.4. The van der Waals surface area contributed by atoms with Crippen molar-refractivity contribution in [1.29, 1.82) is 0 Å².